The van der Waals surface area contributed by atoms with Crippen LogP contribution in [0.2, 0.25) is 0 Å². The van der Waals surface area contributed by atoms with Gasteiger partial charge in [0.25, 0.3) is 5.91 Å². The fraction of sp³-hybridized carbons (Fsp3) is 0.278. The minimum Gasteiger partial charge on any atom is -0.465 e. The zero-order valence-electron chi connectivity index (χ0n) is 13.2. The summed E-state index contributed by atoms with van der Waals surface area (Å²) in [5.74, 6) is -0.379. The van der Waals surface area contributed by atoms with Gasteiger partial charge in [-0.2, -0.15) is 0 Å². The molecule has 0 N–H and O–H groups in total. The van der Waals surface area contributed by atoms with E-state index >= 15 is 0 Å². The van der Waals surface area contributed by atoms with Crippen LogP contribution in [-0.4, -0.2) is 35.4 Å². The van der Waals surface area contributed by atoms with Gasteiger partial charge < -0.3 is 9.64 Å². The lowest BCUT2D eigenvalue weighted by Crippen LogP contribution is -2.36. The molecule has 0 atom stereocenters. The van der Waals surface area contributed by atoms with Crippen molar-refractivity contribution in [2.75, 3.05) is 13.7 Å². The molecule has 1 aromatic heterocycles. The number of carbonyl (C=O) groups excluding carboxylic acids is 2. The molecule has 1 aromatic carbocycles. The van der Waals surface area contributed by atoms with Crippen molar-refractivity contribution in [3.8, 4) is 0 Å². The van der Waals surface area contributed by atoms with Crippen molar-refractivity contribution < 1.29 is 14.3 Å². The van der Waals surface area contributed by atoms with E-state index in [0.29, 0.717) is 30.6 Å². The van der Waals surface area contributed by atoms with Crippen LogP contribution in [0.4, 0.5) is 0 Å². The maximum absolute atomic E-state index is 12.7. The number of amides is 1. The topological polar surface area (TPSA) is 59.5 Å². The van der Waals surface area contributed by atoms with Crippen molar-refractivity contribution in [3.63, 3.8) is 0 Å². The standard InChI is InChI=1S/C18H18N2O3/c1-12-4-3-5-13(8-12)17(21)20-7-6-15-14(11-20)9-19-10-16(15)18(22)23-2/h3-5,8-10H,6-7,11H2,1-2H3. The van der Waals surface area contributed by atoms with E-state index in [-0.39, 0.29) is 11.9 Å². The third-order valence-corrected chi connectivity index (χ3v) is 4.10. The van der Waals surface area contributed by atoms with Crippen molar-refractivity contribution >= 4 is 11.9 Å². The summed E-state index contributed by atoms with van der Waals surface area (Å²) in [7, 11) is 1.36. The molecule has 3 rings (SSSR count). The van der Waals surface area contributed by atoms with Crippen molar-refractivity contribution in [1.82, 2.24) is 9.88 Å². The molecule has 5 nitrogen and oxygen atoms in total. The summed E-state index contributed by atoms with van der Waals surface area (Å²) in [5, 5.41) is 0. The van der Waals surface area contributed by atoms with Gasteiger partial charge in [-0.05, 0) is 36.6 Å². The van der Waals surface area contributed by atoms with Gasteiger partial charge in [-0.3, -0.25) is 9.78 Å². The Kier molecular flexibility index (Phi) is 4.10. The number of esters is 1. The average molecular weight is 310 g/mol. The molecule has 1 aliphatic heterocycles. The molecule has 0 fully saturated rings. The summed E-state index contributed by atoms with van der Waals surface area (Å²) < 4.78 is 4.80. The van der Waals surface area contributed by atoms with Gasteiger partial charge in [-0.15, -0.1) is 0 Å². The minimum absolute atomic E-state index is 0.00261. The highest BCUT2D eigenvalue weighted by atomic mass is 16.5. The van der Waals surface area contributed by atoms with E-state index in [0.717, 1.165) is 16.7 Å². The van der Waals surface area contributed by atoms with E-state index in [1.54, 1.807) is 11.1 Å². The molecule has 2 aromatic rings. The Morgan fingerprint density at radius 1 is 1.26 bits per heavy atom. The highest BCUT2D eigenvalue weighted by Gasteiger charge is 2.25. The van der Waals surface area contributed by atoms with E-state index in [9.17, 15) is 9.59 Å². The molecule has 118 valence electrons. The van der Waals surface area contributed by atoms with E-state index in [1.807, 2.05) is 31.2 Å². The van der Waals surface area contributed by atoms with Gasteiger partial charge >= 0.3 is 5.97 Å². The van der Waals surface area contributed by atoms with Crippen LogP contribution in [0, 0.1) is 6.92 Å². The van der Waals surface area contributed by atoms with Crippen molar-refractivity contribution in [2.24, 2.45) is 0 Å². The lowest BCUT2D eigenvalue weighted by molar-refractivity contribution is 0.0598. The number of rotatable bonds is 2. The molecule has 0 unspecified atom stereocenters. The van der Waals surface area contributed by atoms with Gasteiger partial charge in [-0.1, -0.05) is 17.7 Å². The first kappa shape index (κ1) is 15.2. The van der Waals surface area contributed by atoms with Crippen molar-refractivity contribution in [3.05, 3.63) is 64.5 Å². The smallest absolute Gasteiger partial charge is 0.339 e. The first-order valence-electron chi connectivity index (χ1n) is 7.50. The highest BCUT2D eigenvalue weighted by Crippen LogP contribution is 2.23. The second-order valence-corrected chi connectivity index (χ2v) is 5.66. The fourth-order valence-corrected chi connectivity index (χ4v) is 2.91. The third-order valence-electron chi connectivity index (χ3n) is 4.10. The molecule has 0 saturated carbocycles. The molecule has 0 saturated heterocycles. The summed E-state index contributed by atoms with van der Waals surface area (Å²) in [6.07, 6.45) is 3.88. The molecular weight excluding hydrogens is 292 g/mol. The van der Waals surface area contributed by atoms with Crippen LogP contribution in [-0.2, 0) is 17.7 Å². The van der Waals surface area contributed by atoms with Crippen molar-refractivity contribution in [2.45, 2.75) is 19.9 Å². The van der Waals surface area contributed by atoms with E-state index in [1.165, 1.54) is 13.3 Å². The Morgan fingerprint density at radius 3 is 2.83 bits per heavy atom. The largest absolute Gasteiger partial charge is 0.465 e. The van der Waals surface area contributed by atoms with E-state index < -0.39 is 0 Å². The quantitative estimate of drug-likeness (QED) is 0.799. The van der Waals surface area contributed by atoms with Gasteiger partial charge in [0.05, 0.1) is 12.7 Å². The molecule has 0 radical (unpaired) electrons. The number of nitrogens with zero attached hydrogens (tertiary/aromatic N) is 2. The van der Waals surface area contributed by atoms with Crippen LogP contribution in [0.15, 0.2) is 36.7 Å². The number of hydrogen-bond acceptors (Lipinski definition) is 4. The molecule has 0 bridgehead atoms. The van der Waals surface area contributed by atoms with E-state index in [4.69, 9.17) is 4.74 Å². The van der Waals surface area contributed by atoms with Gasteiger partial charge in [0, 0.05) is 31.0 Å². The molecule has 5 heteroatoms. The molecule has 0 spiro atoms. The minimum atomic E-state index is -0.382. The lowest BCUT2D eigenvalue weighted by atomic mass is 9.96. The SMILES string of the molecule is COC(=O)c1cncc2c1CCN(C(=O)c1cccc(C)c1)C2. The third kappa shape index (κ3) is 2.95. The molecule has 1 aliphatic rings. The fourth-order valence-electron chi connectivity index (χ4n) is 2.91. The summed E-state index contributed by atoms with van der Waals surface area (Å²) >= 11 is 0. The number of aryl methyl sites for hydroxylation is 1. The zero-order valence-corrected chi connectivity index (χ0v) is 13.2. The zero-order chi connectivity index (χ0) is 16.4. The van der Waals surface area contributed by atoms with Crippen LogP contribution in [0.1, 0.15) is 37.4 Å². The number of fused-ring (bicyclic) bond motifs is 1. The van der Waals surface area contributed by atoms with Gasteiger partial charge in [0.15, 0.2) is 0 Å². The lowest BCUT2D eigenvalue weighted by Gasteiger charge is -2.29. The second-order valence-electron chi connectivity index (χ2n) is 5.66. The molecule has 0 aliphatic carbocycles. The Labute approximate surface area is 134 Å². The number of carbonyl (C=O) groups is 2. The molecule has 1 amide bonds. The van der Waals surface area contributed by atoms with Gasteiger partial charge in [0.1, 0.15) is 0 Å². The van der Waals surface area contributed by atoms with Gasteiger partial charge in [-0.25, -0.2) is 4.79 Å². The predicted octanol–water partition coefficient (Wildman–Crippen LogP) is 2.38. The number of benzene rings is 1. The summed E-state index contributed by atoms with van der Waals surface area (Å²) in [6.45, 7) is 3.00. The number of hydrogen-bond donors (Lipinski definition) is 0. The van der Waals surface area contributed by atoms with Crippen molar-refractivity contribution in [1.29, 1.82) is 0 Å². The second kappa shape index (κ2) is 6.20. The molecular formula is C18H18N2O3. The Hall–Kier alpha value is -2.69. The monoisotopic (exact) mass is 310 g/mol. The summed E-state index contributed by atoms with van der Waals surface area (Å²) in [6, 6.07) is 7.57. The van der Waals surface area contributed by atoms with Crippen LogP contribution in [0.5, 0.6) is 0 Å². The molecule has 23 heavy (non-hydrogen) atoms. The van der Waals surface area contributed by atoms with Crippen LogP contribution in [0.25, 0.3) is 0 Å². The first-order chi connectivity index (χ1) is 11.1. The average Bonchev–Trinajstić information content (AvgIpc) is 2.59. The van der Waals surface area contributed by atoms with Gasteiger partial charge in [0.2, 0.25) is 0 Å². The normalized spacial score (nSPS) is 13.4. The molecule has 2 heterocycles. The Balaban J connectivity index is 1.86. The van der Waals surface area contributed by atoms with E-state index in [2.05, 4.69) is 4.98 Å². The summed E-state index contributed by atoms with van der Waals surface area (Å²) in [4.78, 5) is 30.4. The highest BCUT2D eigenvalue weighted by molar-refractivity contribution is 5.95. The Morgan fingerprint density at radius 2 is 2.09 bits per heavy atom. The maximum Gasteiger partial charge on any atom is 0.339 e. The first-order valence-corrected chi connectivity index (χ1v) is 7.50. The maximum atomic E-state index is 12.7. The number of ether oxygens (including phenoxy) is 1. The van der Waals surface area contributed by atoms with Crippen LogP contribution >= 0.6 is 0 Å². The predicted molar refractivity (Wildman–Crippen MR) is 85.2 cm³/mol. The summed E-state index contributed by atoms with van der Waals surface area (Å²) in [5.41, 5.74) is 4.07. The number of aromatic nitrogens is 1. The Bertz CT molecular complexity index is 771. The van der Waals surface area contributed by atoms with Crippen LogP contribution in [0.3, 0.4) is 0 Å². The number of pyridine rings is 1. The number of methoxy groups -OCH3 is 1. The van der Waals surface area contributed by atoms with Crippen LogP contribution < -0.4 is 0 Å².